The monoisotopic (exact) mass is 418 g/mol. The highest BCUT2D eigenvalue weighted by Crippen LogP contribution is 2.29. The zero-order valence-corrected chi connectivity index (χ0v) is 18.8. The van der Waals surface area contributed by atoms with Crippen molar-refractivity contribution in [3.05, 3.63) is 52.6 Å². The van der Waals surface area contributed by atoms with Crippen LogP contribution in [0.5, 0.6) is 5.75 Å². The van der Waals surface area contributed by atoms with E-state index in [4.69, 9.17) is 4.74 Å². The van der Waals surface area contributed by atoms with E-state index in [9.17, 15) is 13.2 Å². The van der Waals surface area contributed by atoms with Crippen molar-refractivity contribution in [3.63, 3.8) is 0 Å². The molecule has 6 nitrogen and oxygen atoms in total. The number of hydrogen-bond donors (Lipinski definition) is 1. The molecule has 158 valence electrons. The fourth-order valence-corrected chi connectivity index (χ4v) is 5.39. The highest BCUT2D eigenvalue weighted by molar-refractivity contribution is 7.89. The second-order valence-electron chi connectivity index (χ2n) is 7.18. The molecule has 1 N–H and O–H groups in total. The first-order valence-corrected chi connectivity index (χ1v) is 11.1. The topological polar surface area (TPSA) is 75.7 Å². The van der Waals surface area contributed by atoms with Crippen LogP contribution < -0.4 is 10.1 Å². The number of sulfonamides is 1. The maximum atomic E-state index is 13.5. The van der Waals surface area contributed by atoms with Crippen LogP contribution in [0, 0.1) is 27.7 Å². The minimum atomic E-state index is -3.83. The van der Waals surface area contributed by atoms with Gasteiger partial charge in [-0.3, -0.25) is 4.79 Å². The summed E-state index contributed by atoms with van der Waals surface area (Å²) in [6.07, 6.45) is 0.601. The number of amides is 1. The summed E-state index contributed by atoms with van der Waals surface area (Å²) in [5.74, 6) is 0.109. The molecule has 0 atom stereocenters. The van der Waals surface area contributed by atoms with Crippen LogP contribution in [0.15, 0.2) is 35.2 Å². The van der Waals surface area contributed by atoms with E-state index in [-0.39, 0.29) is 13.1 Å². The van der Waals surface area contributed by atoms with Crippen molar-refractivity contribution in [2.24, 2.45) is 0 Å². The molecule has 0 heterocycles. The Morgan fingerprint density at radius 2 is 1.66 bits per heavy atom. The predicted molar refractivity (Wildman–Crippen MR) is 116 cm³/mol. The molecule has 2 aromatic carbocycles. The smallest absolute Gasteiger partial charge is 0.244 e. The molecule has 0 spiro atoms. The highest BCUT2D eigenvalue weighted by Gasteiger charge is 2.30. The fourth-order valence-electron chi connectivity index (χ4n) is 3.33. The Kier molecular flexibility index (Phi) is 7.43. The molecule has 0 fully saturated rings. The molecule has 2 aromatic rings. The van der Waals surface area contributed by atoms with Gasteiger partial charge in [0.1, 0.15) is 5.75 Å². The number of para-hydroxylation sites is 2. The lowest BCUT2D eigenvalue weighted by Crippen LogP contribution is -2.39. The number of nitrogens with one attached hydrogen (secondary N) is 1. The second-order valence-corrected chi connectivity index (χ2v) is 9.05. The van der Waals surface area contributed by atoms with Gasteiger partial charge >= 0.3 is 0 Å². The van der Waals surface area contributed by atoms with Gasteiger partial charge in [-0.1, -0.05) is 25.1 Å². The van der Waals surface area contributed by atoms with Crippen molar-refractivity contribution in [1.29, 1.82) is 0 Å². The average molecular weight is 419 g/mol. The number of rotatable bonds is 8. The van der Waals surface area contributed by atoms with E-state index in [0.29, 0.717) is 22.8 Å². The van der Waals surface area contributed by atoms with Gasteiger partial charge in [-0.2, -0.15) is 4.31 Å². The molecule has 0 saturated carbocycles. The maximum Gasteiger partial charge on any atom is 0.244 e. The van der Waals surface area contributed by atoms with E-state index in [1.807, 2.05) is 40.7 Å². The number of carbonyl (C=O) groups excluding carboxylic acids is 1. The Morgan fingerprint density at radius 3 is 2.21 bits per heavy atom. The number of methoxy groups -OCH3 is 1. The summed E-state index contributed by atoms with van der Waals surface area (Å²) in [6, 6.07) is 9.02. The van der Waals surface area contributed by atoms with E-state index in [1.165, 1.54) is 11.4 Å². The molecule has 2 rings (SSSR count). The summed E-state index contributed by atoms with van der Waals surface area (Å²) in [4.78, 5) is 13.0. The zero-order chi connectivity index (χ0) is 21.8. The van der Waals surface area contributed by atoms with Crippen LogP contribution in [0.2, 0.25) is 0 Å². The van der Waals surface area contributed by atoms with E-state index < -0.39 is 15.9 Å². The van der Waals surface area contributed by atoms with Crippen LogP contribution >= 0.6 is 0 Å². The van der Waals surface area contributed by atoms with Gasteiger partial charge in [0.25, 0.3) is 0 Å². The molecule has 0 aromatic heterocycles. The van der Waals surface area contributed by atoms with Crippen molar-refractivity contribution >= 4 is 21.6 Å². The largest absolute Gasteiger partial charge is 0.495 e. The Labute approximate surface area is 173 Å². The first kappa shape index (κ1) is 22.9. The Balaban J connectivity index is 2.37. The molecule has 0 aliphatic heterocycles. The molecule has 0 radical (unpaired) electrons. The molecule has 0 aliphatic rings. The normalized spacial score (nSPS) is 11.6. The first-order valence-electron chi connectivity index (χ1n) is 9.63. The third kappa shape index (κ3) is 4.97. The predicted octanol–water partition coefficient (Wildman–Crippen LogP) is 3.97. The van der Waals surface area contributed by atoms with Gasteiger partial charge in [-0.15, -0.1) is 0 Å². The van der Waals surface area contributed by atoms with E-state index in [1.54, 1.807) is 24.3 Å². The minimum Gasteiger partial charge on any atom is -0.495 e. The minimum absolute atomic E-state index is 0.257. The number of anilines is 1. The number of hydrogen-bond acceptors (Lipinski definition) is 4. The van der Waals surface area contributed by atoms with Gasteiger partial charge in [0, 0.05) is 6.54 Å². The molecule has 1 amide bonds. The third-order valence-corrected chi connectivity index (χ3v) is 7.19. The Hall–Kier alpha value is -2.38. The second kappa shape index (κ2) is 9.41. The number of benzene rings is 2. The Bertz CT molecular complexity index is 974. The van der Waals surface area contributed by atoms with E-state index in [2.05, 4.69) is 5.32 Å². The van der Waals surface area contributed by atoms with Crippen LogP contribution in [0.25, 0.3) is 0 Å². The van der Waals surface area contributed by atoms with Crippen molar-refractivity contribution in [3.8, 4) is 5.75 Å². The highest BCUT2D eigenvalue weighted by atomic mass is 32.2. The van der Waals surface area contributed by atoms with Crippen LogP contribution in [0.3, 0.4) is 0 Å². The first-order chi connectivity index (χ1) is 13.6. The van der Waals surface area contributed by atoms with Gasteiger partial charge in [0.2, 0.25) is 15.9 Å². The van der Waals surface area contributed by atoms with Crippen molar-refractivity contribution in [2.45, 2.75) is 45.9 Å². The van der Waals surface area contributed by atoms with Gasteiger partial charge in [-0.25, -0.2) is 8.42 Å². The van der Waals surface area contributed by atoms with Gasteiger partial charge in [0.15, 0.2) is 0 Å². The molecule has 0 unspecified atom stereocenters. The summed E-state index contributed by atoms with van der Waals surface area (Å²) in [7, 11) is -2.31. The fraction of sp³-hybridized carbons (Fsp3) is 0.409. The standard InChI is InChI=1S/C22H30N2O4S/c1-7-12-24(14-21(25)23-19-10-8-9-11-20(19)28-6)29(26,27)22-17(4)15(2)13-16(3)18(22)5/h8-11,13H,7,12,14H2,1-6H3,(H,23,25). The van der Waals surface area contributed by atoms with Crippen LogP contribution in [0.1, 0.15) is 35.6 Å². The molecule has 0 bridgehead atoms. The molecule has 0 saturated heterocycles. The summed E-state index contributed by atoms with van der Waals surface area (Å²) >= 11 is 0. The summed E-state index contributed by atoms with van der Waals surface area (Å²) < 4.78 is 33.5. The lowest BCUT2D eigenvalue weighted by Gasteiger charge is -2.25. The number of ether oxygens (including phenoxy) is 1. The number of carbonyl (C=O) groups is 1. The summed E-state index contributed by atoms with van der Waals surface area (Å²) in [5.41, 5.74) is 3.79. The average Bonchev–Trinajstić information content (AvgIpc) is 2.66. The van der Waals surface area contributed by atoms with Gasteiger partial charge < -0.3 is 10.1 Å². The zero-order valence-electron chi connectivity index (χ0n) is 18.0. The molecule has 29 heavy (non-hydrogen) atoms. The Morgan fingerprint density at radius 1 is 1.07 bits per heavy atom. The van der Waals surface area contributed by atoms with Gasteiger partial charge in [-0.05, 0) is 68.5 Å². The van der Waals surface area contributed by atoms with Crippen LogP contribution in [-0.2, 0) is 14.8 Å². The number of nitrogens with zero attached hydrogens (tertiary/aromatic N) is 1. The lowest BCUT2D eigenvalue weighted by atomic mass is 10.0. The third-order valence-electron chi connectivity index (χ3n) is 5.07. The number of aryl methyl sites for hydroxylation is 2. The van der Waals surface area contributed by atoms with E-state index >= 15 is 0 Å². The summed E-state index contributed by atoms with van der Waals surface area (Å²) in [5, 5.41) is 2.76. The van der Waals surface area contributed by atoms with Crippen LogP contribution in [0.4, 0.5) is 5.69 Å². The van der Waals surface area contributed by atoms with E-state index in [0.717, 1.165) is 22.3 Å². The quantitative estimate of drug-likeness (QED) is 0.704. The van der Waals surface area contributed by atoms with Gasteiger partial charge in [0.05, 0.1) is 24.2 Å². The lowest BCUT2D eigenvalue weighted by molar-refractivity contribution is -0.116. The maximum absolute atomic E-state index is 13.5. The van der Waals surface area contributed by atoms with Crippen molar-refractivity contribution in [1.82, 2.24) is 4.31 Å². The molecule has 0 aliphatic carbocycles. The molecule has 7 heteroatoms. The molecular formula is C22H30N2O4S. The SMILES string of the molecule is CCCN(CC(=O)Nc1ccccc1OC)S(=O)(=O)c1c(C)c(C)cc(C)c1C. The van der Waals surface area contributed by atoms with Crippen molar-refractivity contribution in [2.75, 3.05) is 25.5 Å². The summed E-state index contributed by atoms with van der Waals surface area (Å²) in [6.45, 7) is 9.32. The van der Waals surface area contributed by atoms with Crippen LogP contribution in [-0.4, -0.2) is 38.8 Å². The van der Waals surface area contributed by atoms with Crippen molar-refractivity contribution < 1.29 is 17.9 Å². The molecular weight excluding hydrogens is 388 g/mol.